The number of rotatable bonds is 4. The lowest BCUT2D eigenvalue weighted by atomic mass is 10.00. The van der Waals surface area contributed by atoms with Crippen molar-refractivity contribution in [2.45, 2.75) is 32.4 Å². The zero-order valence-electron chi connectivity index (χ0n) is 11.6. The Morgan fingerprint density at radius 1 is 1.21 bits per heavy atom. The Morgan fingerprint density at radius 2 is 2.00 bits per heavy atom. The summed E-state index contributed by atoms with van der Waals surface area (Å²) in [4.78, 5) is 4.14. The molecule has 0 spiro atoms. The summed E-state index contributed by atoms with van der Waals surface area (Å²) in [5, 5.41) is 0. The maximum absolute atomic E-state index is 6.08. The monoisotopic (exact) mass is 256 g/mol. The van der Waals surface area contributed by atoms with Gasteiger partial charge < -0.3 is 10.5 Å². The molecule has 1 atom stereocenters. The van der Waals surface area contributed by atoms with E-state index in [2.05, 4.69) is 4.98 Å². The number of hydrogen-bond donors (Lipinski definition) is 1. The second-order valence-corrected chi connectivity index (χ2v) is 5.22. The molecule has 2 N–H and O–H groups in total. The smallest absolute Gasteiger partial charge is 0.130 e. The van der Waals surface area contributed by atoms with E-state index in [-0.39, 0.29) is 6.04 Å². The van der Waals surface area contributed by atoms with Crippen LogP contribution >= 0.6 is 0 Å². The molecule has 0 aliphatic rings. The van der Waals surface area contributed by atoms with Gasteiger partial charge in [0.2, 0.25) is 0 Å². The lowest BCUT2D eigenvalue weighted by molar-refractivity contribution is 0.108. The second kappa shape index (κ2) is 5.41. The van der Waals surface area contributed by atoms with Gasteiger partial charge in [0, 0.05) is 24.0 Å². The van der Waals surface area contributed by atoms with Crippen molar-refractivity contribution in [1.82, 2.24) is 4.98 Å². The molecule has 0 bridgehead atoms. The van der Waals surface area contributed by atoms with Gasteiger partial charge in [-0.1, -0.05) is 18.2 Å². The van der Waals surface area contributed by atoms with Crippen LogP contribution in [0.1, 0.15) is 37.9 Å². The predicted molar refractivity (Wildman–Crippen MR) is 76.9 cm³/mol. The fraction of sp³-hybridized carbons (Fsp3) is 0.312. The van der Waals surface area contributed by atoms with Crippen molar-refractivity contribution in [3.8, 4) is 5.75 Å². The first kappa shape index (κ1) is 13.6. The van der Waals surface area contributed by atoms with Gasteiger partial charge in [0.25, 0.3) is 0 Å². The summed E-state index contributed by atoms with van der Waals surface area (Å²) in [6.45, 7) is 6.02. The summed E-state index contributed by atoms with van der Waals surface area (Å²) in [6, 6.07) is 11.8. The molecule has 1 unspecified atom stereocenters. The molecule has 19 heavy (non-hydrogen) atoms. The van der Waals surface area contributed by atoms with E-state index >= 15 is 0 Å². The quantitative estimate of drug-likeness (QED) is 0.911. The van der Waals surface area contributed by atoms with Crippen LogP contribution in [0.15, 0.2) is 48.8 Å². The van der Waals surface area contributed by atoms with Gasteiger partial charge in [0.05, 0.1) is 0 Å². The lowest BCUT2D eigenvalue weighted by Gasteiger charge is -2.27. The van der Waals surface area contributed by atoms with E-state index < -0.39 is 5.60 Å². The number of ether oxygens (including phenoxy) is 1. The zero-order chi connectivity index (χ0) is 13.9. The maximum Gasteiger partial charge on any atom is 0.130 e. The van der Waals surface area contributed by atoms with Crippen LogP contribution in [-0.4, -0.2) is 4.98 Å². The summed E-state index contributed by atoms with van der Waals surface area (Å²) in [7, 11) is 0. The van der Waals surface area contributed by atoms with Crippen molar-refractivity contribution in [2.24, 2.45) is 5.73 Å². The van der Waals surface area contributed by atoms with Crippen LogP contribution in [0.4, 0.5) is 0 Å². The Morgan fingerprint density at radius 3 is 2.63 bits per heavy atom. The van der Waals surface area contributed by atoms with Gasteiger partial charge in [-0.2, -0.15) is 0 Å². The zero-order valence-corrected chi connectivity index (χ0v) is 11.6. The van der Waals surface area contributed by atoms with Gasteiger partial charge in [-0.3, -0.25) is 4.98 Å². The molecule has 0 aliphatic carbocycles. The molecular weight excluding hydrogens is 236 g/mol. The molecule has 0 amide bonds. The first-order chi connectivity index (χ1) is 8.99. The van der Waals surface area contributed by atoms with E-state index in [4.69, 9.17) is 10.5 Å². The van der Waals surface area contributed by atoms with Crippen LogP contribution in [0.3, 0.4) is 0 Å². The van der Waals surface area contributed by atoms with Crippen molar-refractivity contribution in [1.29, 1.82) is 0 Å². The molecule has 0 saturated carbocycles. The average molecular weight is 256 g/mol. The summed E-state index contributed by atoms with van der Waals surface area (Å²) in [6.07, 6.45) is 3.59. The molecule has 3 heteroatoms. The summed E-state index contributed by atoms with van der Waals surface area (Å²) < 4.78 is 6.08. The Bertz CT molecular complexity index is 535. The van der Waals surface area contributed by atoms with Crippen LogP contribution in [0, 0.1) is 0 Å². The molecule has 1 heterocycles. The van der Waals surface area contributed by atoms with Gasteiger partial charge >= 0.3 is 0 Å². The van der Waals surface area contributed by atoms with Crippen LogP contribution < -0.4 is 10.5 Å². The third-order valence-electron chi connectivity index (χ3n) is 3.11. The fourth-order valence-corrected chi connectivity index (χ4v) is 1.93. The summed E-state index contributed by atoms with van der Waals surface area (Å²) >= 11 is 0. The Labute approximate surface area is 114 Å². The molecule has 0 aliphatic heterocycles. The summed E-state index contributed by atoms with van der Waals surface area (Å²) in [5.41, 5.74) is 7.58. The first-order valence-electron chi connectivity index (χ1n) is 6.44. The van der Waals surface area contributed by atoms with E-state index in [1.54, 1.807) is 6.20 Å². The molecule has 2 aromatic rings. The Kier molecular flexibility index (Phi) is 3.86. The van der Waals surface area contributed by atoms with Gasteiger partial charge in [0.15, 0.2) is 0 Å². The molecule has 1 aromatic carbocycles. The van der Waals surface area contributed by atoms with E-state index in [0.29, 0.717) is 0 Å². The Hall–Kier alpha value is -1.87. The van der Waals surface area contributed by atoms with Crippen molar-refractivity contribution < 1.29 is 4.74 Å². The third-order valence-corrected chi connectivity index (χ3v) is 3.11. The van der Waals surface area contributed by atoms with E-state index in [1.165, 1.54) is 0 Å². The van der Waals surface area contributed by atoms with Crippen molar-refractivity contribution in [3.63, 3.8) is 0 Å². The van der Waals surface area contributed by atoms with Gasteiger partial charge in [-0.05, 0) is 44.5 Å². The molecule has 100 valence electrons. The summed E-state index contributed by atoms with van der Waals surface area (Å²) in [5.74, 6) is 0.823. The molecule has 3 nitrogen and oxygen atoms in total. The van der Waals surface area contributed by atoms with Crippen molar-refractivity contribution in [2.75, 3.05) is 0 Å². The number of benzene rings is 1. The number of nitrogens with zero attached hydrogens (tertiary/aromatic N) is 1. The minimum atomic E-state index is -0.426. The normalized spacial score (nSPS) is 13.1. The average Bonchev–Trinajstić information content (AvgIpc) is 2.39. The topological polar surface area (TPSA) is 48.1 Å². The second-order valence-electron chi connectivity index (χ2n) is 5.22. The number of aromatic nitrogens is 1. The Balaban J connectivity index is 2.23. The number of pyridine rings is 1. The molecule has 0 fully saturated rings. The van der Waals surface area contributed by atoms with Crippen LogP contribution in [0.5, 0.6) is 5.75 Å². The highest BCUT2D eigenvalue weighted by atomic mass is 16.5. The fourth-order valence-electron chi connectivity index (χ4n) is 1.93. The molecule has 0 radical (unpaired) electrons. The van der Waals surface area contributed by atoms with Crippen molar-refractivity contribution >= 4 is 0 Å². The predicted octanol–water partition coefficient (Wildman–Crippen LogP) is 3.42. The highest BCUT2D eigenvalue weighted by Gasteiger charge is 2.22. The van der Waals surface area contributed by atoms with Gasteiger partial charge in [-0.25, -0.2) is 0 Å². The number of nitrogens with two attached hydrogens (primary N) is 1. The highest BCUT2D eigenvalue weighted by molar-refractivity contribution is 5.31. The maximum atomic E-state index is 6.08. The molecule has 2 rings (SSSR count). The molecular formula is C16H20N2O. The van der Waals surface area contributed by atoms with Crippen LogP contribution in [0.25, 0.3) is 0 Å². The van der Waals surface area contributed by atoms with E-state index in [0.717, 1.165) is 16.9 Å². The lowest BCUT2D eigenvalue weighted by Crippen LogP contribution is -2.25. The minimum absolute atomic E-state index is 0.00468. The minimum Gasteiger partial charge on any atom is -0.483 e. The van der Waals surface area contributed by atoms with Gasteiger partial charge in [-0.15, -0.1) is 0 Å². The number of hydrogen-bond acceptors (Lipinski definition) is 3. The largest absolute Gasteiger partial charge is 0.483 e. The van der Waals surface area contributed by atoms with Crippen LogP contribution in [-0.2, 0) is 5.60 Å². The first-order valence-corrected chi connectivity index (χ1v) is 6.44. The molecule has 0 saturated heterocycles. The van der Waals surface area contributed by atoms with E-state index in [9.17, 15) is 0 Å². The van der Waals surface area contributed by atoms with Crippen LogP contribution in [0.2, 0.25) is 0 Å². The molecule has 1 aromatic heterocycles. The van der Waals surface area contributed by atoms with E-state index in [1.807, 2.05) is 63.4 Å². The SMILES string of the molecule is CC(N)c1cccc(OC(C)(C)c2cccnc2)c1. The standard InChI is InChI=1S/C16H20N2O/c1-12(17)13-6-4-8-15(10-13)19-16(2,3)14-7-5-9-18-11-14/h4-12H,17H2,1-3H3. The van der Waals surface area contributed by atoms with Crippen molar-refractivity contribution in [3.05, 3.63) is 59.9 Å². The highest BCUT2D eigenvalue weighted by Crippen LogP contribution is 2.28. The van der Waals surface area contributed by atoms with Gasteiger partial charge in [0.1, 0.15) is 11.4 Å². The third kappa shape index (κ3) is 3.32.